The van der Waals surface area contributed by atoms with E-state index >= 15 is 0 Å². The van der Waals surface area contributed by atoms with E-state index in [1.807, 2.05) is 6.92 Å². The van der Waals surface area contributed by atoms with E-state index in [1.54, 1.807) is 6.92 Å². The summed E-state index contributed by atoms with van der Waals surface area (Å²) in [5.74, 6) is -0.886. The lowest BCUT2D eigenvalue weighted by molar-refractivity contribution is -0.162. The molecule has 0 saturated carbocycles. The van der Waals surface area contributed by atoms with Gasteiger partial charge in [0, 0.05) is 6.42 Å². The lowest BCUT2D eigenvalue weighted by Gasteiger charge is -2.11. The van der Waals surface area contributed by atoms with Crippen molar-refractivity contribution in [3.05, 3.63) is 0 Å². The Hall–Kier alpha value is -0.860. The van der Waals surface area contributed by atoms with Crippen molar-refractivity contribution in [1.82, 2.24) is 0 Å². The molecule has 0 rings (SSSR count). The van der Waals surface area contributed by atoms with Gasteiger partial charge in [-0.05, 0) is 12.8 Å². The van der Waals surface area contributed by atoms with Gasteiger partial charge in [-0.1, -0.05) is 33.6 Å². The topological polar surface area (TPSA) is 43.4 Å². The largest absolute Gasteiger partial charge is 0.393 e. The van der Waals surface area contributed by atoms with Crippen molar-refractivity contribution in [2.24, 2.45) is 5.92 Å². The van der Waals surface area contributed by atoms with Gasteiger partial charge in [-0.2, -0.15) is 0 Å². The summed E-state index contributed by atoms with van der Waals surface area (Å²) < 4.78 is 4.67. The van der Waals surface area contributed by atoms with Crippen LogP contribution in [0.3, 0.4) is 0 Å². The first-order valence-electron chi connectivity index (χ1n) is 5.40. The molecular weight excluding hydrogens is 180 g/mol. The standard InChI is InChI=1S/C11H20O3/c1-4-7-8-9(5-2)11(13)14-10(12)6-3/h9H,4-8H2,1-3H3. The number of hydrogen-bond acceptors (Lipinski definition) is 3. The normalized spacial score (nSPS) is 12.2. The quantitative estimate of drug-likeness (QED) is 0.489. The van der Waals surface area contributed by atoms with E-state index in [1.165, 1.54) is 0 Å². The van der Waals surface area contributed by atoms with Crippen LogP contribution in [0.4, 0.5) is 0 Å². The van der Waals surface area contributed by atoms with Crippen LogP contribution >= 0.6 is 0 Å². The van der Waals surface area contributed by atoms with Crippen LogP contribution in [0.25, 0.3) is 0 Å². The van der Waals surface area contributed by atoms with Gasteiger partial charge in [-0.25, -0.2) is 0 Å². The Labute approximate surface area is 85.8 Å². The second-order valence-electron chi connectivity index (χ2n) is 3.39. The first-order valence-corrected chi connectivity index (χ1v) is 5.40. The van der Waals surface area contributed by atoms with E-state index in [4.69, 9.17) is 0 Å². The van der Waals surface area contributed by atoms with Crippen LogP contribution < -0.4 is 0 Å². The highest BCUT2D eigenvalue weighted by Gasteiger charge is 2.19. The van der Waals surface area contributed by atoms with Crippen molar-refractivity contribution < 1.29 is 14.3 Å². The average Bonchev–Trinajstić information content (AvgIpc) is 2.18. The average molecular weight is 200 g/mol. The number of esters is 2. The highest BCUT2D eigenvalue weighted by atomic mass is 16.6. The molecule has 1 unspecified atom stereocenters. The summed E-state index contributed by atoms with van der Waals surface area (Å²) >= 11 is 0. The molecule has 0 aromatic heterocycles. The van der Waals surface area contributed by atoms with Crippen LogP contribution in [0.1, 0.15) is 52.9 Å². The molecule has 0 aliphatic carbocycles. The van der Waals surface area contributed by atoms with Gasteiger partial charge in [0.25, 0.3) is 0 Å². The zero-order valence-corrected chi connectivity index (χ0v) is 9.34. The Balaban J connectivity index is 3.97. The summed E-state index contributed by atoms with van der Waals surface area (Å²) in [6, 6.07) is 0. The summed E-state index contributed by atoms with van der Waals surface area (Å²) in [4.78, 5) is 22.3. The minimum Gasteiger partial charge on any atom is -0.393 e. The van der Waals surface area contributed by atoms with E-state index in [-0.39, 0.29) is 18.3 Å². The van der Waals surface area contributed by atoms with Gasteiger partial charge in [-0.15, -0.1) is 0 Å². The summed E-state index contributed by atoms with van der Waals surface area (Å²) in [5.41, 5.74) is 0. The molecule has 0 aliphatic rings. The highest BCUT2D eigenvalue weighted by Crippen LogP contribution is 2.14. The lowest BCUT2D eigenvalue weighted by atomic mass is 10.00. The molecule has 0 saturated heterocycles. The Kier molecular flexibility index (Phi) is 7.07. The maximum atomic E-state index is 11.4. The maximum Gasteiger partial charge on any atom is 0.316 e. The number of unbranched alkanes of at least 4 members (excludes halogenated alkanes) is 1. The van der Waals surface area contributed by atoms with Crippen molar-refractivity contribution in [2.45, 2.75) is 52.9 Å². The number of ether oxygens (including phenoxy) is 1. The van der Waals surface area contributed by atoms with Crippen molar-refractivity contribution in [1.29, 1.82) is 0 Å². The molecule has 0 bridgehead atoms. The van der Waals surface area contributed by atoms with Crippen LogP contribution in [-0.4, -0.2) is 11.9 Å². The number of carbonyl (C=O) groups excluding carboxylic acids is 2. The molecule has 0 aliphatic heterocycles. The molecule has 1 atom stereocenters. The predicted molar refractivity (Wildman–Crippen MR) is 54.7 cm³/mol. The molecule has 0 heterocycles. The fraction of sp³-hybridized carbons (Fsp3) is 0.818. The molecule has 0 N–H and O–H groups in total. The zero-order chi connectivity index (χ0) is 11.0. The minimum absolute atomic E-state index is 0.106. The van der Waals surface area contributed by atoms with Gasteiger partial charge in [0.05, 0.1) is 5.92 Å². The molecular formula is C11H20O3. The molecule has 0 fully saturated rings. The molecule has 14 heavy (non-hydrogen) atoms. The SMILES string of the molecule is CCCCC(CC)C(=O)OC(=O)CC. The number of rotatable bonds is 6. The van der Waals surface area contributed by atoms with Crippen LogP contribution in [0.5, 0.6) is 0 Å². The smallest absolute Gasteiger partial charge is 0.316 e. The Morgan fingerprint density at radius 2 is 1.86 bits per heavy atom. The van der Waals surface area contributed by atoms with Gasteiger partial charge < -0.3 is 4.74 Å². The molecule has 0 aromatic rings. The molecule has 82 valence electrons. The summed E-state index contributed by atoms with van der Waals surface area (Å²) in [5, 5.41) is 0. The number of hydrogen-bond donors (Lipinski definition) is 0. The monoisotopic (exact) mass is 200 g/mol. The van der Waals surface area contributed by atoms with Crippen LogP contribution in [-0.2, 0) is 14.3 Å². The predicted octanol–water partition coefficient (Wildman–Crippen LogP) is 2.68. The second kappa shape index (κ2) is 7.54. The third-order valence-electron chi connectivity index (χ3n) is 2.24. The molecule has 0 radical (unpaired) electrons. The van der Waals surface area contributed by atoms with E-state index in [0.29, 0.717) is 0 Å². The lowest BCUT2D eigenvalue weighted by Crippen LogP contribution is -2.20. The van der Waals surface area contributed by atoms with E-state index < -0.39 is 5.97 Å². The first-order chi connectivity index (χ1) is 6.65. The molecule has 3 heteroatoms. The van der Waals surface area contributed by atoms with Gasteiger partial charge in [0.1, 0.15) is 0 Å². The Morgan fingerprint density at radius 3 is 2.29 bits per heavy atom. The number of carbonyl (C=O) groups is 2. The molecule has 0 spiro atoms. The van der Waals surface area contributed by atoms with E-state index in [9.17, 15) is 9.59 Å². The molecule has 0 aromatic carbocycles. The van der Waals surface area contributed by atoms with Crippen LogP contribution in [0.15, 0.2) is 0 Å². The Bertz CT molecular complexity index is 187. The van der Waals surface area contributed by atoms with Crippen LogP contribution in [0, 0.1) is 5.92 Å². The van der Waals surface area contributed by atoms with E-state index in [2.05, 4.69) is 11.7 Å². The fourth-order valence-electron chi connectivity index (χ4n) is 1.21. The second-order valence-corrected chi connectivity index (χ2v) is 3.39. The first kappa shape index (κ1) is 13.1. The van der Waals surface area contributed by atoms with Gasteiger partial charge >= 0.3 is 11.9 Å². The van der Waals surface area contributed by atoms with Gasteiger partial charge in [0.2, 0.25) is 0 Å². The zero-order valence-electron chi connectivity index (χ0n) is 9.34. The Morgan fingerprint density at radius 1 is 1.21 bits per heavy atom. The van der Waals surface area contributed by atoms with Crippen molar-refractivity contribution in [2.75, 3.05) is 0 Å². The van der Waals surface area contributed by atoms with Crippen molar-refractivity contribution in [3.63, 3.8) is 0 Å². The summed E-state index contributed by atoms with van der Waals surface area (Å²) in [6.07, 6.45) is 3.90. The minimum atomic E-state index is -0.426. The molecule has 3 nitrogen and oxygen atoms in total. The molecule has 0 amide bonds. The highest BCUT2D eigenvalue weighted by molar-refractivity contribution is 5.86. The third-order valence-corrected chi connectivity index (χ3v) is 2.24. The fourth-order valence-corrected chi connectivity index (χ4v) is 1.21. The third kappa shape index (κ3) is 5.00. The van der Waals surface area contributed by atoms with Crippen LogP contribution in [0.2, 0.25) is 0 Å². The van der Waals surface area contributed by atoms with E-state index in [0.717, 1.165) is 25.7 Å². The summed E-state index contributed by atoms with van der Waals surface area (Å²) in [6.45, 7) is 5.70. The van der Waals surface area contributed by atoms with Crippen molar-refractivity contribution in [3.8, 4) is 0 Å². The van der Waals surface area contributed by atoms with Gasteiger partial charge in [0.15, 0.2) is 0 Å². The van der Waals surface area contributed by atoms with Crippen molar-refractivity contribution >= 4 is 11.9 Å². The summed E-state index contributed by atoms with van der Waals surface area (Å²) in [7, 11) is 0. The maximum absolute atomic E-state index is 11.4. The van der Waals surface area contributed by atoms with Gasteiger partial charge in [-0.3, -0.25) is 9.59 Å².